The van der Waals surface area contributed by atoms with E-state index in [0.717, 1.165) is 6.54 Å². The van der Waals surface area contributed by atoms with Gasteiger partial charge in [-0.2, -0.15) is 0 Å². The molecule has 0 aromatic carbocycles. The van der Waals surface area contributed by atoms with Crippen molar-refractivity contribution in [2.24, 2.45) is 0 Å². The maximum Gasteiger partial charge on any atom is 0.104 e. The molecule has 3 heteroatoms. The highest BCUT2D eigenvalue weighted by molar-refractivity contribution is 5.80. The Hall–Kier alpha value is -1.74. The van der Waals surface area contributed by atoms with E-state index in [1.54, 1.807) is 0 Å². The number of aromatic amines is 1. The first-order chi connectivity index (χ1) is 7.84. The number of allylic oxidation sites excluding steroid dienone is 2. The van der Waals surface area contributed by atoms with Crippen molar-refractivity contribution in [3.63, 3.8) is 0 Å². The molecule has 3 heterocycles. The molecule has 1 unspecified atom stereocenters. The second-order valence-corrected chi connectivity index (χ2v) is 4.18. The topological polar surface area (TPSA) is 39.8 Å². The number of rotatable bonds is 1. The van der Waals surface area contributed by atoms with Gasteiger partial charge in [0.15, 0.2) is 0 Å². The minimum atomic E-state index is 0.250. The van der Waals surface area contributed by atoms with Crippen LogP contribution in [0.3, 0.4) is 0 Å². The summed E-state index contributed by atoms with van der Waals surface area (Å²) in [7, 11) is 0. The molecule has 0 aliphatic carbocycles. The van der Waals surface area contributed by atoms with Crippen LogP contribution < -0.4 is 10.6 Å². The fourth-order valence-electron chi connectivity index (χ4n) is 2.22. The molecule has 0 spiro atoms. The Balaban J connectivity index is 2.10. The molecule has 0 saturated heterocycles. The number of fused-ring (bicyclic) bond motifs is 1. The Kier molecular flexibility index (Phi) is 2.18. The van der Waals surface area contributed by atoms with Crippen molar-refractivity contribution in [3.05, 3.63) is 53.5 Å². The minimum Gasteiger partial charge on any atom is -0.372 e. The maximum atomic E-state index is 3.41. The molecule has 2 aliphatic rings. The zero-order chi connectivity index (χ0) is 11.0. The van der Waals surface area contributed by atoms with Gasteiger partial charge in [-0.25, -0.2) is 0 Å². The lowest BCUT2D eigenvalue weighted by Gasteiger charge is -2.28. The SMILES string of the molecule is Cc1cc(C2=C3C=CCNC3NC=C2)c[nH]1. The first-order valence-electron chi connectivity index (χ1n) is 5.57. The Morgan fingerprint density at radius 2 is 2.25 bits per heavy atom. The molecule has 2 aliphatic heterocycles. The average Bonchev–Trinajstić information content (AvgIpc) is 2.75. The van der Waals surface area contributed by atoms with Gasteiger partial charge >= 0.3 is 0 Å². The lowest BCUT2D eigenvalue weighted by Crippen LogP contribution is -2.44. The van der Waals surface area contributed by atoms with Crippen LogP contribution in [-0.2, 0) is 0 Å². The lowest BCUT2D eigenvalue weighted by atomic mass is 9.95. The average molecular weight is 213 g/mol. The van der Waals surface area contributed by atoms with Crippen LogP contribution in [0.25, 0.3) is 5.57 Å². The number of H-pyrrole nitrogens is 1. The maximum absolute atomic E-state index is 3.41. The van der Waals surface area contributed by atoms with Crippen LogP contribution in [0.1, 0.15) is 11.3 Å². The summed E-state index contributed by atoms with van der Waals surface area (Å²) in [6, 6.07) is 2.18. The van der Waals surface area contributed by atoms with E-state index in [0.29, 0.717) is 0 Å². The van der Waals surface area contributed by atoms with Crippen molar-refractivity contribution in [1.82, 2.24) is 15.6 Å². The van der Waals surface area contributed by atoms with E-state index in [1.807, 2.05) is 6.20 Å². The third-order valence-corrected chi connectivity index (χ3v) is 3.01. The third kappa shape index (κ3) is 1.49. The van der Waals surface area contributed by atoms with Crippen molar-refractivity contribution in [3.8, 4) is 0 Å². The van der Waals surface area contributed by atoms with Gasteiger partial charge in [-0.1, -0.05) is 12.2 Å². The van der Waals surface area contributed by atoms with Crippen LogP contribution in [0.15, 0.2) is 42.3 Å². The highest BCUT2D eigenvalue weighted by Crippen LogP contribution is 2.26. The predicted octanol–water partition coefficient (Wildman–Crippen LogP) is 1.68. The summed E-state index contributed by atoms with van der Waals surface area (Å²) >= 11 is 0. The van der Waals surface area contributed by atoms with Gasteiger partial charge in [-0.3, -0.25) is 5.32 Å². The summed E-state index contributed by atoms with van der Waals surface area (Å²) in [5, 5.41) is 6.73. The molecule has 0 fully saturated rings. The second kappa shape index (κ2) is 3.68. The van der Waals surface area contributed by atoms with Gasteiger partial charge in [0, 0.05) is 18.4 Å². The number of hydrogen-bond donors (Lipinski definition) is 3. The largest absolute Gasteiger partial charge is 0.372 e. The molecule has 3 nitrogen and oxygen atoms in total. The minimum absolute atomic E-state index is 0.250. The fourth-order valence-corrected chi connectivity index (χ4v) is 2.22. The quantitative estimate of drug-likeness (QED) is 0.664. The predicted molar refractivity (Wildman–Crippen MR) is 65.7 cm³/mol. The van der Waals surface area contributed by atoms with Gasteiger partial charge in [-0.05, 0) is 42.0 Å². The normalized spacial score (nSPS) is 23.2. The lowest BCUT2D eigenvalue weighted by molar-refractivity contribution is 0.552. The van der Waals surface area contributed by atoms with E-state index in [2.05, 4.69) is 53.0 Å². The molecule has 1 aromatic heterocycles. The zero-order valence-corrected chi connectivity index (χ0v) is 9.25. The highest BCUT2D eigenvalue weighted by atomic mass is 15.1. The van der Waals surface area contributed by atoms with Crippen molar-refractivity contribution in [2.75, 3.05) is 6.54 Å². The Labute approximate surface area is 94.9 Å². The molecular weight excluding hydrogens is 198 g/mol. The second-order valence-electron chi connectivity index (χ2n) is 4.18. The van der Waals surface area contributed by atoms with E-state index in [1.165, 1.54) is 22.4 Å². The first-order valence-corrected chi connectivity index (χ1v) is 5.57. The number of aromatic nitrogens is 1. The van der Waals surface area contributed by atoms with E-state index in [4.69, 9.17) is 0 Å². The van der Waals surface area contributed by atoms with Crippen LogP contribution in [0.5, 0.6) is 0 Å². The molecule has 0 radical (unpaired) electrons. The smallest absolute Gasteiger partial charge is 0.104 e. The Morgan fingerprint density at radius 3 is 3.06 bits per heavy atom. The molecule has 1 aromatic rings. The summed E-state index contributed by atoms with van der Waals surface area (Å²) < 4.78 is 0. The monoisotopic (exact) mass is 213 g/mol. The molecule has 3 rings (SSSR count). The standard InChI is InChI=1S/C13H15N3/c1-9-7-10(8-16-9)11-4-6-15-13-12(11)3-2-5-14-13/h2-4,6-8,13-16H,5H2,1H3. The molecule has 0 amide bonds. The molecule has 16 heavy (non-hydrogen) atoms. The van der Waals surface area contributed by atoms with Crippen molar-refractivity contribution in [1.29, 1.82) is 0 Å². The van der Waals surface area contributed by atoms with Gasteiger partial charge in [0.2, 0.25) is 0 Å². The molecule has 3 N–H and O–H groups in total. The van der Waals surface area contributed by atoms with Crippen molar-refractivity contribution in [2.45, 2.75) is 13.1 Å². The van der Waals surface area contributed by atoms with E-state index < -0.39 is 0 Å². The molecule has 0 bridgehead atoms. The summed E-state index contributed by atoms with van der Waals surface area (Å²) in [6.07, 6.45) is 10.8. The van der Waals surface area contributed by atoms with Crippen LogP contribution in [0, 0.1) is 6.92 Å². The summed E-state index contributed by atoms with van der Waals surface area (Å²) in [6.45, 7) is 3.00. The Morgan fingerprint density at radius 1 is 1.31 bits per heavy atom. The molecule has 82 valence electrons. The first kappa shape index (κ1) is 9.48. The van der Waals surface area contributed by atoms with Crippen LogP contribution >= 0.6 is 0 Å². The van der Waals surface area contributed by atoms with Crippen LogP contribution in [-0.4, -0.2) is 17.7 Å². The van der Waals surface area contributed by atoms with Gasteiger partial charge in [-0.15, -0.1) is 0 Å². The fraction of sp³-hybridized carbons (Fsp3) is 0.231. The molecule has 1 atom stereocenters. The van der Waals surface area contributed by atoms with Crippen LogP contribution in [0.4, 0.5) is 0 Å². The Bertz CT molecular complexity index is 491. The van der Waals surface area contributed by atoms with Gasteiger partial charge in [0.05, 0.1) is 0 Å². The number of nitrogens with one attached hydrogen (secondary N) is 3. The molecule has 0 saturated carbocycles. The van der Waals surface area contributed by atoms with Crippen molar-refractivity contribution < 1.29 is 0 Å². The summed E-state index contributed by atoms with van der Waals surface area (Å²) in [5.74, 6) is 0. The van der Waals surface area contributed by atoms with Crippen LogP contribution in [0.2, 0.25) is 0 Å². The number of aryl methyl sites for hydroxylation is 1. The van der Waals surface area contributed by atoms with E-state index >= 15 is 0 Å². The van der Waals surface area contributed by atoms with E-state index in [-0.39, 0.29) is 6.17 Å². The van der Waals surface area contributed by atoms with E-state index in [9.17, 15) is 0 Å². The third-order valence-electron chi connectivity index (χ3n) is 3.01. The van der Waals surface area contributed by atoms with Crippen molar-refractivity contribution >= 4 is 5.57 Å². The molecular formula is C13H15N3. The summed E-state index contributed by atoms with van der Waals surface area (Å²) in [4.78, 5) is 3.23. The zero-order valence-electron chi connectivity index (χ0n) is 9.25. The number of dihydropyridines is 1. The van der Waals surface area contributed by atoms with Gasteiger partial charge < -0.3 is 10.3 Å². The summed E-state index contributed by atoms with van der Waals surface area (Å²) in [5.41, 5.74) is 5.05. The van der Waals surface area contributed by atoms with Gasteiger partial charge in [0.1, 0.15) is 6.17 Å². The number of hydrogen-bond acceptors (Lipinski definition) is 2. The highest BCUT2D eigenvalue weighted by Gasteiger charge is 2.20. The van der Waals surface area contributed by atoms with Gasteiger partial charge in [0.25, 0.3) is 0 Å².